The first-order chi connectivity index (χ1) is 9.26. The quantitative estimate of drug-likeness (QED) is 0.876. The van der Waals surface area contributed by atoms with E-state index in [4.69, 9.17) is 5.73 Å². The van der Waals surface area contributed by atoms with E-state index in [9.17, 15) is 0 Å². The lowest BCUT2D eigenvalue weighted by Crippen LogP contribution is -2.34. The minimum Gasteiger partial charge on any atom is -0.367 e. The molecule has 1 aliphatic heterocycles. The number of nitrogens with zero attached hydrogens (tertiary/aromatic N) is 5. The van der Waals surface area contributed by atoms with E-state index in [-0.39, 0.29) is 0 Å². The van der Waals surface area contributed by atoms with Crippen LogP contribution in [0.1, 0.15) is 37.3 Å². The van der Waals surface area contributed by atoms with Gasteiger partial charge in [0, 0.05) is 37.0 Å². The molecular formula is C11H17N7S. The molecule has 0 saturated carbocycles. The van der Waals surface area contributed by atoms with E-state index < -0.39 is 0 Å². The van der Waals surface area contributed by atoms with Gasteiger partial charge in [0.05, 0.1) is 0 Å². The lowest BCUT2D eigenvalue weighted by Gasteiger charge is -2.30. The van der Waals surface area contributed by atoms with Crippen LogP contribution >= 0.6 is 11.5 Å². The summed E-state index contributed by atoms with van der Waals surface area (Å²) in [4.78, 5) is 11.1. The number of nitrogen functional groups attached to an aromatic ring is 1. The predicted molar refractivity (Wildman–Crippen MR) is 74.3 cm³/mol. The Bertz CT molecular complexity index is 549. The summed E-state index contributed by atoms with van der Waals surface area (Å²) in [7, 11) is 0. The molecule has 102 valence electrons. The van der Waals surface area contributed by atoms with Gasteiger partial charge in [-0.3, -0.25) is 5.10 Å². The van der Waals surface area contributed by atoms with Gasteiger partial charge < -0.3 is 10.6 Å². The molecule has 0 unspecified atom stereocenters. The Kier molecular flexibility index (Phi) is 3.33. The average molecular weight is 279 g/mol. The highest BCUT2D eigenvalue weighted by Gasteiger charge is 2.25. The molecule has 19 heavy (non-hydrogen) atoms. The van der Waals surface area contributed by atoms with E-state index in [0.29, 0.717) is 11.9 Å². The van der Waals surface area contributed by atoms with Gasteiger partial charge in [-0.25, -0.2) is 4.98 Å². The zero-order valence-electron chi connectivity index (χ0n) is 10.8. The Labute approximate surface area is 115 Å². The van der Waals surface area contributed by atoms with Crippen LogP contribution in [0.3, 0.4) is 0 Å². The summed E-state index contributed by atoms with van der Waals surface area (Å²) in [5.41, 5.74) is 5.57. The first-order valence-corrected chi connectivity index (χ1v) is 7.29. The fraction of sp³-hybridized carbons (Fsp3) is 0.636. The Morgan fingerprint density at radius 2 is 2.37 bits per heavy atom. The molecule has 3 N–H and O–H groups in total. The third kappa shape index (κ3) is 2.53. The monoisotopic (exact) mass is 279 g/mol. The first-order valence-electron chi connectivity index (χ1n) is 6.51. The molecule has 2 aromatic heterocycles. The van der Waals surface area contributed by atoms with E-state index >= 15 is 0 Å². The minimum absolute atomic E-state index is 0.316. The number of nitrogens with two attached hydrogens (primary N) is 1. The molecule has 3 heterocycles. The van der Waals surface area contributed by atoms with Crippen LogP contribution in [0.15, 0.2) is 0 Å². The molecule has 1 aliphatic rings. The summed E-state index contributed by atoms with van der Waals surface area (Å²) in [6, 6.07) is 0. The van der Waals surface area contributed by atoms with Crippen molar-refractivity contribution in [2.24, 2.45) is 0 Å². The Hall–Kier alpha value is -1.70. The normalized spacial score (nSPS) is 19.8. The molecule has 0 bridgehead atoms. The van der Waals surface area contributed by atoms with Crippen molar-refractivity contribution in [3.05, 3.63) is 11.6 Å². The number of aromatic nitrogens is 5. The predicted octanol–water partition coefficient (Wildman–Crippen LogP) is 1.18. The van der Waals surface area contributed by atoms with Crippen molar-refractivity contribution in [2.75, 3.05) is 23.7 Å². The molecule has 8 heteroatoms. The van der Waals surface area contributed by atoms with E-state index in [2.05, 4.69) is 36.4 Å². The van der Waals surface area contributed by atoms with Crippen LogP contribution in [0.25, 0.3) is 0 Å². The van der Waals surface area contributed by atoms with Crippen LogP contribution in [-0.4, -0.2) is 37.6 Å². The Morgan fingerprint density at radius 3 is 3.05 bits per heavy atom. The maximum absolute atomic E-state index is 5.57. The summed E-state index contributed by atoms with van der Waals surface area (Å²) in [5, 5.41) is 7.83. The maximum atomic E-state index is 5.57. The van der Waals surface area contributed by atoms with Crippen LogP contribution in [0, 0.1) is 0 Å². The maximum Gasteiger partial charge on any atom is 0.239 e. The fourth-order valence-electron chi connectivity index (χ4n) is 2.36. The van der Waals surface area contributed by atoms with Crippen LogP contribution in [0.5, 0.6) is 0 Å². The zero-order valence-corrected chi connectivity index (χ0v) is 11.7. The zero-order chi connectivity index (χ0) is 13.2. The molecular weight excluding hydrogens is 262 g/mol. The second-order valence-corrected chi connectivity index (χ2v) is 5.44. The number of rotatable bonds is 3. The van der Waals surface area contributed by atoms with Crippen molar-refractivity contribution < 1.29 is 0 Å². The Morgan fingerprint density at radius 1 is 1.47 bits per heavy atom. The molecule has 3 rings (SSSR count). The van der Waals surface area contributed by atoms with Crippen molar-refractivity contribution in [1.82, 2.24) is 24.5 Å². The first kappa shape index (κ1) is 12.3. The number of aromatic amines is 1. The highest BCUT2D eigenvalue weighted by atomic mass is 32.1. The van der Waals surface area contributed by atoms with Crippen molar-refractivity contribution in [3.8, 4) is 0 Å². The summed E-state index contributed by atoms with van der Waals surface area (Å²) in [6.07, 6.45) is 3.10. The lowest BCUT2D eigenvalue weighted by molar-refractivity contribution is 0.492. The Balaban J connectivity index is 1.74. The van der Waals surface area contributed by atoms with Crippen molar-refractivity contribution in [2.45, 2.75) is 32.1 Å². The van der Waals surface area contributed by atoms with Crippen molar-refractivity contribution in [1.29, 1.82) is 0 Å². The molecule has 7 nitrogen and oxygen atoms in total. The topological polar surface area (TPSA) is 96.6 Å². The van der Waals surface area contributed by atoms with Gasteiger partial charge in [0.25, 0.3) is 0 Å². The highest BCUT2D eigenvalue weighted by Crippen LogP contribution is 2.29. The van der Waals surface area contributed by atoms with Crippen LogP contribution < -0.4 is 10.6 Å². The largest absolute Gasteiger partial charge is 0.367 e. The van der Waals surface area contributed by atoms with Gasteiger partial charge >= 0.3 is 0 Å². The van der Waals surface area contributed by atoms with Crippen molar-refractivity contribution in [3.63, 3.8) is 0 Å². The number of hydrogen-bond acceptors (Lipinski definition) is 7. The van der Waals surface area contributed by atoms with Crippen LogP contribution in [-0.2, 0) is 6.42 Å². The number of piperidine rings is 1. The van der Waals surface area contributed by atoms with E-state index in [1.54, 1.807) is 0 Å². The van der Waals surface area contributed by atoms with Gasteiger partial charge in [-0.15, -0.1) is 5.10 Å². The van der Waals surface area contributed by atoms with Gasteiger partial charge in [0.15, 0.2) is 0 Å². The number of hydrogen-bond donors (Lipinski definition) is 2. The molecule has 2 aromatic rings. The number of anilines is 2. The second-order valence-electron chi connectivity index (χ2n) is 4.71. The number of aryl methyl sites for hydroxylation is 1. The third-order valence-corrected chi connectivity index (χ3v) is 4.19. The molecule has 0 aromatic carbocycles. The van der Waals surface area contributed by atoms with Crippen LogP contribution in [0.2, 0.25) is 0 Å². The second kappa shape index (κ2) is 5.12. The molecule has 0 amide bonds. The van der Waals surface area contributed by atoms with Gasteiger partial charge in [-0.05, 0) is 12.8 Å². The smallest absolute Gasteiger partial charge is 0.239 e. The number of nitrogens with one attached hydrogen (secondary N) is 1. The fourth-order valence-corrected chi connectivity index (χ4v) is 3.15. The molecule has 0 spiro atoms. The SMILES string of the molecule is CCc1nsc(N2CCC[C@H](c3nc(N)n[nH]3)C2)n1. The average Bonchev–Trinajstić information content (AvgIpc) is 3.07. The summed E-state index contributed by atoms with van der Waals surface area (Å²) < 4.78 is 4.34. The van der Waals surface area contributed by atoms with E-state index in [1.807, 2.05) is 0 Å². The van der Waals surface area contributed by atoms with E-state index in [1.165, 1.54) is 11.5 Å². The van der Waals surface area contributed by atoms with Crippen LogP contribution in [0.4, 0.5) is 11.1 Å². The number of H-pyrrole nitrogens is 1. The lowest BCUT2D eigenvalue weighted by atomic mass is 9.98. The molecule has 0 aliphatic carbocycles. The molecule has 0 radical (unpaired) electrons. The van der Waals surface area contributed by atoms with Gasteiger partial charge in [-0.2, -0.15) is 9.36 Å². The van der Waals surface area contributed by atoms with Gasteiger partial charge in [-0.1, -0.05) is 6.92 Å². The minimum atomic E-state index is 0.316. The summed E-state index contributed by atoms with van der Waals surface area (Å²) >= 11 is 1.48. The van der Waals surface area contributed by atoms with Crippen molar-refractivity contribution >= 4 is 22.6 Å². The van der Waals surface area contributed by atoms with Gasteiger partial charge in [0.1, 0.15) is 11.6 Å². The summed E-state index contributed by atoms with van der Waals surface area (Å²) in [5.74, 6) is 2.46. The standard InChI is InChI=1S/C11H17N7S/c1-2-8-13-11(19-17-8)18-5-3-4-7(6-18)9-14-10(12)16-15-9/h7H,2-6H2,1H3,(H3,12,14,15,16)/t7-/m0/s1. The molecule has 1 saturated heterocycles. The molecule has 1 atom stereocenters. The molecule has 1 fully saturated rings. The highest BCUT2D eigenvalue weighted by molar-refractivity contribution is 7.09. The van der Waals surface area contributed by atoms with E-state index in [0.717, 1.165) is 49.1 Å². The van der Waals surface area contributed by atoms with Gasteiger partial charge in [0.2, 0.25) is 11.1 Å². The third-order valence-electron chi connectivity index (χ3n) is 3.37. The summed E-state index contributed by atoms with van der Waals surface area (Å²) in [6.45, 7) is 3.99.